The highest BCUT2D eigenvalue weighted by Gasteiger charge is 2.21. The monoisotopic (exact) mass is 287 g/mol. The van der Waals surface area contributed by atoms with Gasteiger partial charge < -0.3 is 9.73 Å². The van der Waals surface area contributed by atoms with E-state index in [9.17, 15) is 0 Å². The van der Waals surface area contributed by atoms with Crippen molar-refractivity contribution >= 4 is 11.0 Å². The number of hydrogen-bond acceptors (Lipinski definition) is 2. The lowest BCUT2D eigenvalue weighted by Crippen LogP contribution is -2.24. The van der Waals surface area contributed by atoms with E-state index in [4.69, 9.17) is 4.42 Å². The van der Waals surface area contributed by atoms with Crippen LogP contribution in [-0.4, -0.2) is 6.54 Å². The molecule has 1 aromatic carbocycles. The van der Waals surface area contributed by atoms with Crippen molar-refractivity contribution < 1.29 is 4.42 Å². The molecule has 0 saturated carbocycles. The maximum absolute atomic E-state index is 6.08. The average Bonchev–Trinajstić information content (AvgIpc) is 2.86. The molecule has 0 aliphatic heterocycles. The molecular weight excluding hydrogens is 258 g/mol. The first kappa shape index (κ1) is 16.1. The van der Waals surface area contributed by atoms with Crippen LogP contribution >= 0.6 is 0 Å². The number of fused-ring (bicyclic) bond motifs is 1. The molecule has 1 atom stereocenters. The van der Waals surface area contributed by atoms with Gasteiger partial charge in [0.2, 0.25) is 0 Å². The van der Waals surface area contributed by atoms with Gasteiger partial charge in [-0.1, -0.05) is 47.6 Å². The standard InChI is InChI=1S/C19H29NO/c1-7-19(5,6)15-9-10-16-14(11-15)12-17(21-16)18(13(3)4)20-8-2/h9-13,18,20H,7-8H2,1-6H3. The minimum Gasteiger partial charge on any atom is -0.459 e. The van der Waals surface area contributed by atoms with E-state index in [1.807, 2.05) is 0 Å². The summed E-state index contributed by atoms with van der Waals surface area (Å²) in [6.07, 6.45) is 1.13. The topological polar surface area (TPSA) is 25.2 Å². The lowest BCUT2D eigenvalue weighted by Gasteiger charge is -2.23. The van der Waals surface area contributed by atoms with Gasteiger partial charge in [0.15, 0.2) is 0 Å². The highest BCUT2D eigenvalue weighted by Crippen LogP contribution is 2.33. The predicted molar refractivity (Wildman–Crippen MR) is 90.8 cm³/mol. The Morgan fingerprint density at radius 1 is 1.14 bits per heavy atom. The molecule has 0 bridgehead atoms. The zero-order valence-electron chi connectivity index (χ0n) is 14.3. The first-order valence-corrected chi connectivity index (χ1v) is 8.16. The summed E-state index contributed by atoms with van der Waals surface area (Å²) in [6.45, 7) is 14.4. The minimum absolute atomic E-state index is 0.213. The second-order valence-electron chi connectivity index (χ2n) is 6.92. The van der Waals surface area contributed by atoms with Crippen LogP contribution in [0.5, 0.6) is 0 Å². The fraction of sp³-hybridized carbons (Fsp3) is 0.579. The summed E-state index contributed by atoms with van der Waals surface area (Å²) in [5.41, 5.74) is 2.59. The van der Waals surface area contributed by atoms with Crippen molar-refractivity contribution in [2.75, 3.05) is 6.54 Å². The van der Waals surface area contributed by atoms with Crippen LogP contribution in [-0.2, 0) is 5.41 Å². The largest absolute Gasteiger partial charge is 0.459 e. The van der Waals surface area contributed by atoms with E-state index < -0.39 is 0 Å². The molecule has 1 unspecified atom stereocenters. The zero-order chi connectivity index (χ0) is 15.6. The van der Waals surface area contributed by atoms with Crippen molar-refractivity contribution in [3.63, 3.8) is 0 Å². The predicted octanol–water partition coefficient (Wildman–Crippen LogP) is 5.43. The van der Waals surface area contributed by atoms with E-state index in [1.54, 1.807) is 0 Å². The maximum atomic E-state index is 6.08. The van der Waals surface area contributed by atoms with Crippen LogP contribution in [0.1, 0.15) is 65.3 Å². The fourth-order valence-corrected chi connectivity index (χ4v) is 2.73. The van der Waals surface area contributed by atoms with E-state index in [0.717, 1.165) is 24.3 Å². The van der Waals surface area contributed by atoms with Gasteiger partial charge in [-0.15, -0.1) is 0 Å². The van der Waals surface area contributed by atoms with E-state index in [0.29, 0.717) is 5.92 Å². The molecule has 1 N–H and O–H groups in total. The van der Waals surface area contributed by atoms with Gasteiger partial charge >= 0.3 is 0 Å². The molecule has 2 heteroatoms. The Balaban J connectivity index is 2.42. The molecule has 0 radical (unpaired) electrons. The summed E-state index contributed by atoms with van der Waals surface area (Å²) < 4.78 is 6.08. The zero-order valence-corrected chi connectivity index (χ0v) is 14.3. The molecule has 116 valence electrons. The Bertz CT molecular complexity index is 595. The Morgan fingerprint density at radius 2 is 1.86 bits per heavy atom. The van der Waals surface area contributed by atoms with Gasteiger partial charge in [0.1, 0.15) is 11.3 Å². The van der Waals surface area contributed by atoms with Gasteiger partial charge in [-0.05, 0) is 48.1 Å². The summed E-state index contributed by atoms with van der Waals surface area (Å²) in [4.78, 5) is 0. The van der Waals surface area contributed by atoms with Gasteiger partial charge in [-0.25, -0.2) is 0 Å². The highest BCUT2D eigenvalue weighted by atomic mass is 16.3. The molecule has 0 aliphatic rings. The minimum atomic E-state index is 0.213. The van der Waals surface area contributed by atoms with Crippen LogP contribution in [0.15, 0.2) is 28.7 Å². The second kappa shape index (κ2) is 6.23. The van der Waals surface area contributed by atoms with Crippen molar-refractivity contribution in [3.8, 4) is 0 Å². The summed E-state index contributed by atoms with van der Waals surface area (Å²) in [6, 6.07) is 9.10. The van der Waals surface area contributed by atoms with Crippen molar-refractivity contribution in [1.29, 1.82) is 0 Å². The highest BCUT2D eigenvalue weighted by molar-refractivity contribution is 5.79. The van der Waals surface area contributed by atoms with E-state index in [1.165, 1.54) is 10.9 Å². The average molecular weight is 287 g/mol. The molecule has 0 spiro atoms. The lowest BCUT2D eigenvalue weighted by molar-refractivity contribution is 0.357. The van der Waals surface area contributed by atoms with Gasteiger partial charge in [0.05, 0.1) is 6.04 Å². The molecule has 0 amide bonds. The SMILES string of the molecule is CCNC(c1cc2cc(C(C)(C)CC)ccc2o1)C(C)C. The van der Waals surface area contributed by atoms with Crippen molar-refractivity contribution in [2.24, 2.45) is 5.92 Å². The van der Waals surface area contributed by atoms with E-state index in [-0.39, 0.29) is 11.5 Å². The number of hydrogen-bond donors (Lipinski definition) is 1. The molecule has 1 aromatic heterocycles. The van der Waals surface area contributed by atoms with Crippen LogP contribution < -0.4 is 5.32 Å². The Kier molecular flexibility index (Phi) is 4.77. The van der Waals surface area contributed by atoms with Gasteiger partial charge in [-0.2, -0.15) is 0 Å². The first-order chi connectivity index (χ1) is 9.89. The Hall–Kier alpha value is -1.28. The van der Waals surface area contributed by atoms with Crippen molar-refractivity contribution in [3.05, 3.63) is 35.6 Å². The molecule has 0 fully saturated rings. The normalized spacial score (nSPS) is 14.0. The fourth-order valence-electron chi connectivity index (χ4n) is 2.73. The number of nitrogens with one attached hydrogen (secondary N) is 1. The number of rotatable bonds is 6. The molecule has 0 aliphatic carbocycles. The summed E-state index contributed by atoms with van der Waals surface area (Å²) in [5, 5.41) is 4.74. The smallest absolute Gasteiger partial charge is 0.134 e. The third-order valence-electron chi connectivity index (χ3n) is 4.60. The second-order valence-corrected chi connectivity index (χ2v) is 6.92. The van der Waals surface area contributed by atoms with Crippen molar-refractivity contribution in [2.45, 2.75) is 59.4 Å². The van der Waals surface area contributed by atoms with Crippen LogP contribution in [0.3, 0.4) is 0 Å². The number of furan rings is 1. The van der Waals surface area contributed by atoms with Gasteiger partial charge in [0, 0.05) is 5.39 Å². The first-order valence-electron chi connectivity index (χ1n) is 8.16. The van der Waals surface area contributed by atoms with E-state index >= 15 is 0 Å². The summed E-state index contributed by atoms with van der Waals surface area (Å²) in [5.74, 6) is 1.56. The Labute approximate surface area is 128 Å². The molecule has 2 aromatic rings. The van der Waals surface area contributed by atoms with Crippen LogP contribution in [0.25, 0.3) is 11.0 Å². The molecule has 1 heterocycles. The van der Waals surface area contributed by atoms with Gasteiger partial charge in [-0.3, -0.25) is 0 Å². The van der Waals surface area contributed by atoms with Crippen LogP contribution in [0.4, 0.5) is 0 Å². The molecule has 21 heavy (non-hydrogen) atoms. The van der Waals surface area contributed by atoms with Crippen LogP contribution in [0, 0.1) is 5.92 Å². The summed E-state index contributed by atoms with van der Waals surface area (Å²) in [7, 11) is 0. The number of benzene rings is 1. The van der Waals surface area contributed by atoms with Gasteiger partial charge in [0.25, 0.3) is 0 Å². The third-order valence-corrected chi connectivity index (χ3v) is 4.60. The molecule has 2 nitrogen and oxygen atoms in total. The van der Waals surface area contributed by atoms with Crippen molar-refractivity contribution in [1.82, 2.24) is 5.32 Å². The van der Waals surface area contributed by atoms with Crippen LogP contribution in [0.2, 0.25) is 0 Å². The Morgan fingerprint density at radius 3 is 2.43 bits per heavy atom. The molecule has 0 saturated heterocycles. The third kappa shape index (κ3) is 3.32. The quantitative estimate of drug-likeness (QED) is 0.766. The molecule has 2 rings (SSSR count). The van der Waals surface area contributed by atoms with E-state index in [2.05, 4.69) is 71.1 Å². The maximum Gasteiger partial charge on any atom is 0.134 e. The summed E-state index contributed by atoms with van der Waals surface area (Å²) >= 11 is 0. The lowest BCUT2D eigenvalue weighted by atomic mass is 9.82. The molecular formula is C19H29NO.